The fourth-order valence-corrected chi connectivity index (χ4v) is 3.19. The van der Waals surface area contributed by atoms with Crippen molar-refractivity contribution in [2.75, 3.05) is 6.54 Å². The predicted molar refractivity (Wildman–Crippen MR) is 83.7 cm³/mol. The van der Waals surface area contributed by atoms with Gasteiger partial charge in [-0.3, -0.25) is 9.48 Å². The highest BCUT2D eigenvalue weighted by atomic mass is 19.4. The molecule has 134 valence electrons. The minimum absolute atomic E-state index is 0.00258. The summed E-state index contributed by atoms with van der Waals surface area (Å²) < 4.78 is 41.5. The number of halogens is 3. The molecule has 0 bridgehead atoms. The molecule has 1 aromatic carbocycles. The van der Waals surface area contributed by atoms with E-state index in [1.807, 2.05) is 6.92 Å². The van der Waals surface area contributed by atoms with Gasteiger partial charge in [-0.2, -0.15) is 18.3 Å². The maximum atomic E-state index is 13.3. The maximum Gasteiger partial charge on any atom is 0.416 e. The smallest absolute Gasteiger partial charge is 0.391 e. The van der Waals surface area contributed by atoms with Crippen molar-refractivity contribution in [3.05, 3.63) is 53.3 Å². The lowest BCUT2D eigenvalue weighted by Crippen LogP contribution is -2.32. The number of hydrogen-bond donors (Lipinski definition) is 1. The van der Waals surface area contributed by atoms with Crippen LogP contribution in [0.25, 0.3) is 0 Å². The molecule has 0 spiro atoms. The number of nitrogens with zero attached hydrogens (tertiary/aromatic N) is 3. The second-order valence-corrected chi connectivity index (χ2v) is 6.03. The van der Waals surface area contributed by atoms with Gasteiger partial charge in [0, 0.05) is 19.3 Å². The van der Waals surface area contributed by atoms with Gasteiger partial charge in [-0.1, -0.05) is 18.2 Å². The first-order valence-corrected chi connectivity index (χ1v) is 7.99. The molecule has 5 nitrogen and oxygen atoms in total. The molecule has 2 atom stereocenters. The second-order valence-electron chi connectivity index (χ2n) is 6.03. The van der Waals surface area contributed by atoms with E-state index in [-0.39, 0.29) is 18.5 Å². The topological polar surface area (TPSA) is 58.4 Å². The minimum Gasteiger partial charge on any atom is -0.391 e. The molecule has 2 heterocycles. The van der Waals surface area contributed by atoms with Crippen molar-refractivity contribution in [2.24, 2.45) is 0 Å². The van der Waals surface area contributed by atoms with E-state index in [4.69, 9.17) is 0 Å². The summed E-state index contributed by atoms with van der Waals surface area (Å²) in [6.07, 6.45) is -2.37. The zero-order valence-electron chi connectivity index (χ0n) is 13.6. The molecule has 0 saturated carbocycles. The third-order valence-corrected chi connectivity index (χ3v) is 4.37. The molecule has 25 heavy (non-hydrogen) atoms. The van der Waals surface area contributed by atoms with Gasteiger partial charge in [0.25, 0.3) is 5.91 Å². The molecule has 1 saturated heterocycles. The summed E-state index contributed by atoms with van der Waals surface area (Å²) in [6.45, 7) is 2.44. The standard InChI is InChI=1S/C17H18F3N3O2/c1-2-22-9-11(8-21-22)16(25)23-10-12(24)7-15(23)13-5-3-4-6-14(13)17(18,19)20/h3-6,8-9,12,15,24H,2,7,10H2,1H3. The van der Waals surface area contributed by atoms with E-state index in [0.29, 0.717) is 12.1 Å². The van der Waals surface area contributed by atoms with E-state index in [1.165, 1.54) is 29.3 Å². The first kappa shape index (κ1) is 17.5. The summed E-state index contributed by atoms with van der Waals surface area (Å²) in [6, 6.07) is 4.35. The van der Waals surface area contributed by atoms with E-state index in [1.54, 1.807) is 10.9 Å². The van der Waals surface area contributed by atoms with Crippen LogP contribution in [0.1, 0.15) is 40.9 Å². The highest BCUT2D eigenvalue weighted by Crippen LogP contribution is 2.40. The zero-order valence-corrected chi connectivity index (χ0v) is 13.6. The quantitative estimate of drug-likeness (QED) is 0.923. The number of benzene rings is 1. The van der Waals surface area contributed by atoms with Crippen LogP contribution in [-0.2, 0) is 12.7 Å². The van der Waals surface area contributed by atoms with Gasteiger partial charge in [0.15, 0.2) is 0 Å². The van der Waals surface area contributed by atoms with Crippen LogP contribution in [0.3, 0.4) is 0 Å². The van der Waals surface area contributed by atoms with Crippen molar-refractivity contribution in [1.29, 1.82) is 0 Å². The normalized spacial score (nSPS) is 20.9. The van der Waals surface area contributed by atoms with E-state index in [2.05, 4.69) is 5.10 Å². The van der Waals surface area contributed by atoms with Crippen molar-refractivity contribution >= 4 is 5.91 Å². The number of aliphatic hydroxyl groups is 1. The molecular formula is C17H18F3N3O2. The van der Waals surface area contributed by atoms with Crippen molar-refractivity contribution in [2.45, 2.75) is 38.2 Å². The first-order chi connectivity index (χ1) is 11.8. The number of aryl methyl sites for hydroxylation is 1. The highest BCUT2D eigenvalue weighted by molar-refractivity contribution is 5.94. The van der Waals surface area contributed by atoms with Crippen molar-refractivity contribution in [3.63, 3.8) is 0 Å². The Morgan fingerprint density at radius 1 is 1.36 bits per heavy atom. The van der Waals surface area contributed by atoms with E-state index >= 15 is 0 Å². The Morgan fingerprint density at radius 2 is 2.08 bits per heavy atom. The van der Waals surface area contributed by atoms with Crippen LogP contribution in [0.15, 0.2) is 36.7 Å². The summed E-state index contributed by atoms with van der Waals surface area (Å²) >= 11 is 0. The molecule has 8 heteroatoms. The molecule has 1 amide bonds. The summed E-state index contributed by atoms with van der Waals surface area (Å²) in [4.78, 5) is 14.0. The summed E-state index contributed by atoms with van der Waals surface area (Å²) in [7, 11) is 0. The number of carbonyl (C=O) groups is 1. The Morgan fingerprint density at radius 3 is 2.72 bits per heavy atom. The molecule has 1 N–H and O–H groups in total. The van der Waals surface area contributed by atoms with Gasteiger partial charge >= 0.3 is 6.18 Å². The number of likely N-dealkylation sites (tertiary alicyclic amines) is 1. The largest absolute Gasteiger partial charge is 0.416 e. The lowest BCUT2D eigenvalue weighted by Gasteiger charge is -2.26. The number of aromatic nitrogens is 2. The first-order valence-electron chi connectivity index (χ1n) is 7.99. The summed E-state index contributed by atoms with van der Waals surface area (Å²) in [5.41, 5.74) is -0.482. The van der Waals surface area contributed by atoms with Gasteiger partial charge in [-0.15, -0.1) is 0 Å². The predicted octanol–water partition coefficient (Wildman–Crippen LogP) is 2.87. The average Bonchev–Trinajstić information content (AvgIpc) is 3.20. The van der Waals surface area contributed by atoms with Crippen LogP contribution < -0.4 is 0 Å². The fourth-order valence-electron chi connectivity index (χ4n) is 3.19. The average molecular weight is 353 g/mol. The van der Waals surface area contributed by atoms with Crippen molar-refractivity contribution < 1.29 is 23.1 Å². The van der Waals surface area contributed by atoms with Crippen LogP contribution in [0.4, 0.5) is 13.2 Å². The third-order valence-electron chi connectivity index (χ3n) is 4.37. The van der Waals surface area contributed by atoms with Gasteiger partial charge in [0.1, 0.15) is 0 Å². The molecule has 1 aromatic heterocycles. The second kappa shape index (κ2) is 6.51. The molecule has 2 aromatic rings. The van der Waals surface area contributed by atoms with E-state index in [0.717, 1.165) is 6.07 Å². The Kier molecular flexibility index (Phi) is 4.55. The maximum absolute atomic E-state index is 13.3. The Balaban J connectivity index is 1.97. The molecular weight excluding hydrogens is 335 g/mol. The Labute approximate surface area is 142 Å². The highest BCUT2D eigenvalue weighted by Gasteiger charge is 2.41. The molecule has 1 fully saturated rings. The van der Waals surface area contributed by atoms with Gasteiger partial charge in [0.05, 0.1) is 29.5 Å². The monoisotopic (exact) mass is 353 g/mol. The number of carbonyl (C=O) groups excluding carboxylic acids is 1. The van der Waals surface area contributed by atoms with Crippen LogP contribution in [-0.4, -0.2) is 38.3 Å². The van der Waals surface area contributed by atoms with Crippen LogP contribution >= 0.6 is 0 Å². The minimum atomic E-state index is -4.52. The molecule has 1 aliphatic heterocycles. The van der Waals surface area contributed by atoms with Crippen molar-refractivity contribution in [1.82, 2.24) is 14.7 Å². The van der Waals surface area contributed by atoms with Gasteiger partial charge < -0.3 is 10.0 Å². The Bertz CT molecular complexity index is 772. The van der Waals surface area contributed by atoms with E-state index in [9.17, 15) is 23.1 Å². The zero-order chi connectivity index (χ0) is 18.2. The Hall–Kier alpha value is -2.35. The molecule has 0 aliphatic carbocycles. The van der Waals surface area contributed by atoms with Gasteiger partial charge in [-0.25, -0.2) is 0 Å². The number of hydrogen-bond acceptors (Lipinski definition) is 3. The van der Waals surface area contributed by atoms with Crippen molar-refractivity contribution in [3.8, 4) is 0 Å². The molecule has 1 aliphatic rings. The number of β-amino-alcohol motifs (C(OH)–C–C–N with tert-alkyl or cyclic N) is 1. The van der Waals surface area contributed by atoms with Crippen LogP contribution in [0.5, 0.6) is 0 Å². The van der Waals surface area contributed by atoms with Crippen LogP contribution in [0, 0.1) is 0 Å². The number of rotatable bonds is 3. The number of alkyl halides is 3. The molecule has 2 unspecified atom stereocenters. The summed E-state index contributed by atoms with van der Waals surface area (Å²) in [5.74, 6) is -0.432. The summed E-state index contributed by atoms with van der Waals surface area (Å²) in [5, 5.41) is 14.0. The van der Waals surface area contributed by atoms with Crippen LogP contribution in [0.2, 0.25) is 0 Å². The van der Waals surface area contributed by atoms with Gasteiger partial charge in [-0.05, 0) is 25.0 Å². The number of amides is 1. The third kappa shape index (κ3) is 3.39. The lowest BCUT2D eigenvalue weighted by molar-refractivity contribution is -0.138. The number of aliphatic hydroxyl groups excluding tert-OH is 1. The fraction of sp³-hybridized carbons (Fsp3) is 0.412. The molecule has 0 radical (unpaired) electrons. The molecule has 3 rings (SSSR count). The van der Waals surface area contributed by atoms with E-state index < -0.39 is 29.8 Å². The van der Waals surface area contributed by atoms with Gasteiger partial charge in [0.2, 0.25) is 0 Å². The lowest BCUT2D eigenvalue weighted by atomic mass is 9.97. The SMILES string of the molecule is CCn1cc(C(=O)N2CC(O)CC2c2ccccc2C(F)(F)F)cn1.